The number of hydrogen-bond donors (Lipinski definition) is 1. The van der Waals surface area contributed by atoms with E-state index in [1.54, 1.807) is 16.8 Å². The number of benzene rings is 1. The molecule has 1 fully saturated rings. The highest BCUT2D eigenvalue weighted by molar-refractivity contribution is 5.77. The molecule has 25 heavy (non-hydrogen) atoms. The van der Waals surface area contributed by atoms with Crippen LogP contribution in [-0.2, 0) is 17.9 Å². The monoisotopic (exact) mass is 344 g/mol. The number of rotatable bonds is 5. The van der Waals surface area contributed by atoms with Crippen LogP contribution >= 0.6 is 0 Å². The zero-order valence-corrected chi connectivity index (χ0v) is 13.9. The Morgan fingerprint density at radius 1 is 1.04 bits per heavy atom. The molecule has 0 aliphatic carbocycles. The molecule has 6 heteroatoms. The number of pyridine rings is 1. The molecular formula is C19H21FN2O3. The fraction of sp³-hybridized carbons (Fsp3) is 0.368. The number of aliphatic carboxylic acids is 1. The Labute approximate surface area is 145 Å². The van der Waals surface area contributed by atoms with Crippen molar-refractivity contribution in [2.24, 2.45) is 0 Å². The topological polar surface area (TPSA) is 62.5 Å². The summed E-state index contributed by atoms with van der Waals surface area (Å²) in [5.41, 5.74) is 0.00625. The normalized spacial score (nSPS) is 17.3. The van der Waals surface area contributed by atoms with Crippen LogP contribution in [0.4, 0.5) is 4.39 Å². The summed E-state index contributed by atoms with van der Waals surface area (Å²) in [5.74, 6) is -1.35. The van der Waals surface area contributed by atoms with E-state index in [1.807, 2.05) is 30.3 Å². The molecule has 1 aliphatic heterocycles. The summed E-state index contributed by atoms with van der Waals surface area (Å²) < 4.78 is 15.7. The second-order valence-corrected chi connectivity index (χ2v) is 6.53. The minimum atomic E-state index is -2.08. The summed E-state index contributed by atoms with van der Waals surface area (Å²) in [7, 11) is 0. The van der Waals surface area contributed by atoms with E-state index >= 15 is 0 Å². The maximum atomic E-state index is 14.0. The molecule has 0 spiro atoms. The van der Waals surface area contributed by atoms with Crippen molar-refractivity contribution in [2.75, 3.05) is 13.1 Å². The highest BCUT2D eigenvalue weighted by atomic mass is 19.1. The SMILES string of the molecule is O=C(O)C1(F)CCN(Cc2ccc(Cn3ccccc3=O)cc2)CC1. The predicted molar refractivity (Wildman–Crippen MR) is 92.2 cm³/mol. The van der Waals surface area contributed by atoms with Crippen LogP contribution in [0.15, 0.2) is 53.5 Å². The lowest BCUT2D eigenvalue weighted by molar-refractivity contribution is -0.154. The van der Waals surface area contributed by atoms with Gasteiger partial charge in [-0.2, -0.15) is 0 Å². The van der Waals surface area contributed by atoms with Gasteiger partial charge in [0, 0.05) is 44.7 Å². The van der Waals surface area contributed by atoms with Crippen LogP contribution in [0.1, 0.15) is 24.0 Å². The van der Waals surface area contributed by atoms with Crippen LogP contribution < -0.4 is 5.56 Å². The van der Waals surface area contributed by atoms with Crippen molar-refractivity contribution in [3.63, 3.8) is 0 Å². The molecule has 1 aromatic carbocycles. The second kappa shape index (κ2) is 7.19. The summed E-state index contributed by atoms with van der Waals surface area (Å²) in [5, 5.41) is 8.93. The zero-order chi connectivity index (χ0) is 17.9. The Balaban J connectivity index is 1.58. The standard InChI is InChI=1S/C19H21FN2O3/c20-19(18(24)25)8-11-21(12-9-19)13-15-4-6-16(7-5-15)14-22-10-2-1-3-17(22)23/h1-7,10H,8-9,11-14H2,(H,24,25). The van der Waals surface area contributed by atoms with Crippen LogP contribution in [0.3, 0.4) is 0 Å². The van der Waals surface area contributed by atoms with Gasteiger partial charge in [0.15, 0.2) is 0 Å². The third-order valence-corrected chi connectivity index (χ3v) is 4.71. The molecule has 3 rings (SSSR count). The average Bonchev–Trinajstić information content (AvgIpc) is 2.61. The summed E-state index contributed by atoms with van der Waals surface area (Å²) in [6.45, 7) is 2.06. The van der Waals surface area contributed by atoms with Crippen LogP contribution in [0.2, 0.25) is 0 Å². The molecule has 1 saturated heterocycles. The van der Waals surface area contributed by atoms with Gasteiger partial charge in [-0.25, -0.2) is 9.18 Å². The first-order valence-electron chi connectivity index (χ1n) is 8.34. The smallest absolute Gasteiger partial charge is 0.341 e. The number of carbonyl (C=O) groups is 1. The number of likely N-dealkylation sites (tertiary alicyclic amines) is 1. The van der Waals surface area contributed by atoms with E-state index in [0.717, 1.165) is 11.1 Å². The van der Waals surface area contributed by atoms with E-state index in [4.69, 9.17) is 5.11 Å². The highest BCUT2D eigenvalue weighted by Gasteiger charge is 2.41. The quantitative estimate of drug-likeness (QED) is 0.904. The van der Waals surface area contributed by atoms with Gasteiger partial charge in [-0.1, -0.05) is 30.3 Å². The van der Waals surface area contributed by atoms with Gasteiger partial charge < -0.3 is 9.67 Å². The second-order valence-electron chi connectivity index (χ2n) is 6.53. The van der Waals surface area contributed by atoms with E-state index in [2.05, 4.69) is 4.90 Å². The van der Waals surface area contributed by atoms with Crippen molar-refractivity contribution >= 4 is 5.97 Å². The predicted octanol–water partition coefficient (Wildman–Crippen LogP) is 2.29. The molecule has 1 aromatic heterocycles. The third kappa shape index (κ3) is 4.14. The van der Waals surface area contributed by atoms with Crippen LogP contribution in [0.25, 0.3) is 0 Å². The molecular weight excluding hydrogens is 323 g/mol. The molecule has 2 aromatic rings. The first-order valence-corrected chi connectivity index (χ1v) is 8.34. The van der Waals surface area contributed by atoms with E-state index in [-0.39, 0.29) is 18.4 Å². The third-order valence-electron chi connectivity index (χ3n) is 4.71. The lowest BCUT2D eigenvalue weighted by Crippen LogP contribution is -2.46. The minimum absolute atomic E-state index is 0.0251. The molecule has 0 radical (unpaired) electrons. The lowest BCUT2D eigenvalue weighted by atomic mass is 9.93. The fourth-order valence-electron chi connectivity index (χ4n) is 3.08. The van der Waals surface area contributed by atoms with Crippen molar-refractivity contribution < 1.29 is 14.3 Å². The zero-order valence-electron chi connectivity index (χ0n) is 13.9. The summed E-state index contributed by atoms with van der Waals surface area (Å²) in [4.78, 5) is 24.7. The Morgan fingerprint density at radius 3 is 2.20 bits per heavy atom. The number of piperidine rings is 1. The van der Waals surface area contributed by atoms with Gasteiger partial charge in [0.1, 0.15) is 0 Å². The lowest BCUT2D eigenvalue weighted by Gasteiger charge is -2.33. The molecule has 2 heterocycles. The van der Waals surface area contributed by atoms with Crippen molar-refractivity contribution in [3.05, 3.63) is 70.1 Å². The number of aromatic nitrogens is 1. The maximum absolute atomic E-state index is 14.0. The first-order chi connectivity index (χ1) is 12.0. The molecule has 132 valence electrons. The number of alkyl halides is 1. The van der Waals surface area contributed by atoms with Gasteiger partial charge in [0.2, 0.25) is 5.67 Å². The van der Waals surface area contributed by atoms with Crippen molar-refractivity contribution in [1.29, 1.82) is 0 Å². The fourth-order valence-corrected chi connectivity index (χ4v) is 3.08. The van der Waals surface area contributed by atoms with Gasteiger partial charge >= 0.3 is 5.97 Å². The van der Waals surface area contributed by atoms with Crippen molar-refractivity contribution in [3.8, 4) is 0 Å². The van der Waals surface area contributed by atoms with E-state index in [0.29, 0.717) is 26.2 Å². The number of carboxylic acids is 1. The van der Waals surface area contributed by atoms with Crippen LogP contribution in [0.5, 0.6) is 0 Å². The Morgan fingerprint density at radius 2 is 1.64 bits per heavy atom. The van der Waals surface area contributed by atoms with E-state index in [9.17, 15) is 14.0 Å². The number of nitrogens with zero attached hydrogens (tertiary/aromatic N) is 2. The average molecular weight is 344 g/mol. The molecule has 0 bridgehead atoms. The van der Waals surface area contributed by atoms with Crippen LogP contribution in [-0.4, -0.2) is 39.3 Å². The Kier molecular flexibility index (Phi) is 4.99. The number of hydrogen-bond acceptors (Lipinski definition) is 3. The van der Waals surface area contributed by atoms with Gasteiger partial charge in [-0.05, 0) is 17.2 Å². The van der Waals surface area contributed by atoms with Crippen LogP contribution in [0, 0.1) is 0 Å². The maximum Gasteiger partial charge on any atom is 0.341 e. The van der Waals surface area contributed by atoms with E-state index < -0.39 is 11.6 Å². The molecule has 1 N–H and O–H groups in total. The van der Waals surface area contributed by atoms with Gasteiger partial charge in [0.05, 0.1) is 6.54 Å². The number of halogens is 1. The van der Waals surface area contributed by atoms with Gasteiger partial charge in [-0.15, -0.1) is 0 Å². The molecule has 0 unspecified atom stereocenters. The largest absolute Gasteiger partial charge is 0.479 e. The van der Waals surface area contributed by atoms with E-state index in [1.165, 1.54) is 6.07 Å². The molecule has 0 atom stereocenters. The number of carboxylic acid groups (broad SMARTS) is 1. The van der Waals surface area contributed by atoms with Gasteiger partial charge in [-0.3, -0.25) is 9.69 Å². The molecule has 0 saturated carbocycles. The Hall–Kier alpha value is -2.47. The summed E-state index contributed by atoms with van der Waals surface area (Å²) in [6, 6.07) is 13.0. The first kappa shape index (κ1) is 17.4. The highest BCUT2D eigenvalue weighted by Crippen LogP contribution is 2.27. The van der Waals surface area contributed by atoms with Gasteiger partial charge in [0.25, 0.3) is 5.56 Å². The molecule has 5 nitrogen and oxygen atoms in total. The molecule has 1 aliphatic rings. The Bertz CT molecular complexity index is 793. The summed E-state index contributed by atoms with van der Waals surface area (Å²) >= 11 is 0. The molecule has 0 amide bonds. The van der Waals surface area contributed by atoms with Crippen molar-refractivity contribution in [1.82, 2.24) is 9.47 Å². The minimum Gasteiger partial charge on any atom is -0.479 e. The van der Waals surface area contributed by atoms with Crippen molar-refractivity contribution in [2.45, 2.75) is 31.6 Å². The summed E-state index contributed by atoms with van der Waals surface area (Å²) in [6.07, 6.45) is 1.81.